The van der Waals surface area contributed by atoms with Crippen LogP contribution in [-0.4, -0.2) is 5.11 Å². The Bertz CT molecular complexity index is 380. The van der Waals surface area contributed by atoms with Gasteiger partial charge in [-0.1, -0.05) is 0 Å². The van der Waals surface area contributed by atoms with Crippen molar-refractivity contribution in [2.75, 3.05) is 0 Å². The summed E-state index contributed by atoms with van der Waals surface area (Å²) in [7, 11) is 0. The third-order valence-corrected chi connectivity index (χ3v) is 4.25. The van der Waals surface area contributed by atoms with Gasteiger partial charge in [0.05, 0.1) is 0 Å². The molecular formula is C9H7BrOS2. The first-order valence-electron chi connectivity index (χ1n) is 3.71. The van der Waals surface area contributed by atoms with E-state index in [1.54, 1.807) is 22.7 Å². The summed E-state index contributed by atoms with van der Waals surface area (Å²) < 4.78 is 0.983. The van der Waals surface area contributed by atoms with Gasteiger partial charge >= 0.3 is 0 Å². The predicted molar refractivity (Wildman–Crippen MR) is 60.4 cm³/mol. The summed E-state index contributed by atoms with van der Waals surface area (Å²) >= 11 is 6.59. The standard InChI is InChI=1S/C9H7BrOS2/c10-8-5-13-4-7(8)9(11)6-1-2-12-3-6/h1-5,9,11H. The monoisotopic (exact) mass is 274 g/mol. The molecule has 0 amide bonds. The molecule has 0 aliphatic heterocycles. The summed E-state index contributed by atoms with van der Waals surface area (Å²) in [5.74, 6) is 0. The molecule has 2 aromatic rings. The van der Waals surface area contributed by atoms with Crippen molar-refractivity contribution in [1.82, 2.24) is 0 Å². The maximum Gasteiger partial charge on any atom is 0.107 e. The van der Waals surface area contributed by atoms with E-state index in [9.17, 15) is 5.11 Å². The lowest BCUT2D eigenvalue weighted by Crippen LogP contribution is -1.96. The van der Waals surface area contributed by atoms with Crippen molar-refractivity contribution in [1.29, 1.82) is 0 Å². The van der Waals surface area contributed by atoms with E-state index in [-0.39, 0.29) is 0 Å². The second-order valence-corrected chi connectivity index (χ2v) is 5.01. The van der Waals surface area contributed by atoms with E-state index in [0.717, 1.165) is 15.6 Å². The molecule has 0 aromatic carbocycles. The summed E-state index contributed by atoms with van der Waals surface area (Å²) in [5.41, 5.74) is 1.91. The summed E-state index contributed by atoms with van der Waals surface area (Å²) in [6.45, 7) is 0. The van der Waals surface area contributed by atoms with Gasteiger partial charge in [-0.05, 0) is 43.7 Å². The van der Waals surface area contributed by atoms with Crippen LogP contribution in [0.5, 0.6) is 0 Å². The van der Waals surface area contributed by atoms with Crippen molar-refractivity contribution in [3.8, 4) is 0 Å². The number of halogens is 1. The third kappa shape index (κ3) is 1.86. The van der Waals surface area contributed by atoms with E-state index in [1.807, 2.05) is 27.6 Å². The highest BCUT2D eigenvalue weighted by molar-refractivity contribution is 9.10. The molecule has 0 bridgehead atoms. The average molecular weight is 275 g/mol. The molecule has 1 unspecified atom stereocenters. The molecule has 2 rings (SSSR count). The van der Waals surface area contributed by atoms with Crippen molar-refractivity contribution in [2.24, 2.45) is 0 Å². The Morgan fingerprint density at radius 3 is 2.62 bits per heavy atom. The molecule has 1 nitrogen and oxygen atoms in total. The minimum Gasteiger partial charge on any atom is -0.384 e. The van der Waals surface area contributed by atoms with Crippen LogP contribution in [0.3, 0.4) is 0 Å². The Labute approximate surface area is 92.8 Å². The Morgan fingerprint density at radius 2 is 2.08 bits per heavy atom. The van der Waals surface area contributed by atoms with Crippen LogP contribution in [0.15, 0.2) is 32.1 Å². The number of hydrogen-bond acceptors (Lipinski definition) is 3. The van der Waals surface area contributed by atoms with Gasteiger partial charge < -0.3 is 5.11 Å². The lowest BCUT2D eigenvalue weighted by atomic mass is 10.1. The highest BCUT2D eigenvalue weighted by Gasteiger charge is 2.14. The van der Waals surface area contributed by atoms with Crippen LogP contribution in [0.4, 0.5) is 0 Å². The van der Waals surface area contributed by atoms with Crippen molar-refractivity contribution in [3.05, 3.63) is 43.2 Å². The fourth-order valence-corrected chi connectivity index (χ4v) is 3.31. The molecule has 0 aliphatic carbocycles. The minimum atomic E-state index is -0.494. The number of hydrogen-bond donors (Lipinski definition) is 1. The molecule has 0 saturated carbocycles. The highest BCUT2D eigenvalue weighted by atomic mass is 79.9. The Kier molecular flexibility index (Phi) is 2.83. The third-order valence-electron chi connectivity index (χ3n) is 1.80. The highest BCUT2D eigenvalue weighted by Crippen LogP contribution is 2.32. The lowest BCUT2D eigenvalue weighted by Gasteiger charge is -2.06. The summed E-state index contributed by atoms with van der Waals surface area (Å²) in [6.07, 6.45) is -0.494. The van der Waals surface area contributed by atoms with Gasteiger partial charge in [-0.25, -0.2) is 0 Å². The van der Waals surface area contributed by atoms with Crippen LogP contribution in [0, 0.1) is 0 Å². The predicted octanol–water partition coefficient (Wildman–Crippen LogP) is 3.65. The molecular weight excluding hydrogens is 268 g/mol. The molecule has 13 heavy (non-hydrogen) atoms. The maximum absolute atomic E-state index is 9.93. The molecule has 0 radical (unpaired) electrons. The van der Waals surface area contributed by atoms with E-state index in [1.165, 1.54) is 0 Å². The fraction of sp³-hybridized carbons (Fsp3) is 0.111. The van der Waals surface area contributed by atoms with E-state index in [2.05, 4.69) is 15.9 Å². The molecule has 0 saturated heterocycles. The number of rotatable bonds is 2. The van der Waals surface area contributed by atoms with Gasteiger partial charge in [-0.15, -0.1) is 0 Å². The van der Waals surface area contributed by atoms with Gasteiger partial charge in [0.2, 0.25) is 0 Å². The second-order valence-electron chi connectivity index (χ2n) is 2.63. The zero-order chi connectivity index (χ0) is 9.26. The second kappa shape index (κ2) is 3.92. The number of aliphatic hydroxyl groups excluding tert-OH is 1. The molecule has 68 valence electrons. The molecule has 1 N–H and O–H groups in total. The number of aliphatic hydroxyl groups is 1. The maximum atomic E-state index is 9.93. The van der Waals surface area contributed by atoms with Crippen LogP contribution >= 0.6 is 38.6 Å². The average Bonchev–Trinajstić information content (AvgIpc) is 2.72. The normalized spacial score (nSPS) is 13.1. The topological polar surface area (TPSA) is 20.2 Å². The molecule has 1 atom stereocenters. The summed E-state index contributed by atoms with van der Waals surface area (Å²) in [5, 5.41) is 17.8. The van der Waals surface area contributed by atoms with Gasteiger partial charge in [0.25, 0.3) is 0 Å². The molecule has 0 fully saturated rings. The number of thiophene rings is 2. The van der Waals surface area contributed by atoms with Gasteiger partial charge in [-0.2, -0.15) is 22.7 Å². The first-order valence-corrected chi connectivity index (χ1v) is 6.38. The Morgan fingerprint density at radius 1 is 1.23 bits per heavy atom. The summed E-state index contributed by atoms with van der Waals surface area (Å²) in [6, 6.07) is 1.94. The SMILES string of the molecule is OC(c1ccsc1)c1cscc1Br. The molecule has 4 heteroatoms. The van der Waals surface area contributed by atoms with Crippen LogP contribution in [0.1, 0.15) is 17.2 Å². The van der Waals surface area contributed by atoms with Crippen LogP contribution in [-0.2, 0) is 0 Å². The van der Waals surface area contributed by atoms with Gasteiger partial charge in [-0.3, -0.25) is 0 Å². The fourth-order valence-electron chi connectivity index (χ4n) is 1.10. The Hall–Kier alpha value is -0.160. The minimum absolute atomic E-state index is 0.494. The lowest BCUT2D eigenvalue weighted by molar-refractivity contribution is 0.220. The van der Waals surface area contributed by atoms with Crippen molar-refractivity contribution in [2.45, 2.75) is 6.10 Å². The molecule has 0 spiro atoms. The van der Waals surface area contributed by atoms with Crippen LogP contribution < -0.4 is 0 Å². The van der Waals surface area contributed by atoms with Crippen molar-refractivity contribution >= 4 is 38.6 Å². The first kappa shape index (κ1) is 9.40. The summed E-state index contributed by atoms with van der Waals surface area (Å²) in [4.78, 5) is 0. The molecule has 0 aliphatic rings. The first-order chi connectivity index (χ1) is 6.29. The zero-order valence-electron chi connectivity index (χ0n) is 6.61. The van der Waals surface area contributed by atoms with E-state index in [4.69, 9.17) is 0 Å². The zero-order valence-corrected chi connectivity index (χ0v) is 9.82. The van der Waals surface area contributed by atoms with E-state index >= 15 is 0 Å². The van der Waals surface area contributed by atoms with Gasteiger partial charge in [0, 0.05) is 15.4 Å². The molecule has 2 heterocycles. The van der Waals surface area contributed by atoms with E-state index < -0.39 is 6.10 Å². The van der Waals surface area contributed by atoms with E-state index in [0.29, 0.717) is 0 Å². The smallest absolute Gasteiger partial charge is 0.107 e. The van der Waals surface area contributed by atoms with Gasteiger partial charge in [0.15, 0.2) is 0 Å². The van der Waals surface area contributed by atoms with Crippen LogP contribution in [0.25, 0.3) is 0 Å². The largest absolute Gasteiger partial charge is 0.384 e. The van der Waals surface area contributed by atoms with Crippen molar-refractivity contribution in [3.63, 3.8) is 0 Å². The van der Waals surface area contributed by atoms with Gasteiger partial charge in [0.1, 0.15) is 6.10 Å². The molecule has 2 aromatic heterocycles. The van der Waals surface area contributed by atoms with Crippen LogP contribution in [0.2, 0.25) is 0 Å². The Balaban J connectivity index is 2.33. The van der Waals surface area contributed by atoms with Crippen molar-refractivity contribution < 1.29 is 5.11 Å². The quantitative estimate of drug-likeness (QED) is 0.887.